The molecule has 0 amide bonds. The Hall–Kier alpha value is -3.12. The molecule has 0 aromatic heterocycles. The molecule has 1 fully saturated rings. The number of hydrogen-bond donors (Lipinski definition) is 0. The maximum absolute atomic E-state index is 12.8. The lowest BCUT2D eigenvalue weighted by Crippen LogP contribution is -2.13. The summed E-state index contributed by atoms with van der Waals surface area (Å²) >= 11 is 0. The minimum atomic E-state index is -0.444. The summed E-state index contributed by atoms with van der Waals surface area (Å²) in [5.41, 5.74) is 0.567. The topological polar surface area (TPSA) is 71.1 Å². The highest BCUT2D eigenvalue weighted by Crippen LogP contribution is 2.59. The van der Waals surface area contributed by atoms with Crippen LogP contribution in [0, 0.1) is 17.3 Å². The first kappa shape index (κ1) is 23.5. The Morgan fingerprint density at radius 3 is 2.47 bits per heavy atom. The molecule has 2 aromatic rings. The lowest BCUT2D eigenvalue weighted by atomic mass is 10.1. The Morgan fingerprint density at radius 2 is 1.75 bits per heavy atom. The maximum atomic E-state index is 12.8. The van der Waals surface area contributed by atoms with Gasteiger partial charge < -0.3 is 18.9 Å². The van der Waals surface area contributed by atoms with Crippen molar-refractivity contribution in [2.75, 3.05) is 20.3 Å². The molecule has 2 aromatic carbocycles. The molecule has 32 heavy (non-hydrogen) atoms. The van der Waals surface area contributed by atoms with E-state index in [1.165, 1.54) is 6.08 Å². The van der Waals surface area contributed by atoms with Crippen LogP contribution in [-0.2, 0) is 23.8 Å². The normalized spacial score (nSPS) is 19.9. The predicted octanol–water partition coefficient (Wildman–Crippen LogP) is 5.10. The van der Waals surface area contributed by atoms with E-state index in [1.807, 2.05) is 75.4 Å². The third kappa shape index (κ3) is 5.98. The lowest BCUT2D eigenvalue weighted by molar-refractivity contribution is -0.151. The van der Waals surface area contributed by atoms with Gasteiger partial charge in [-0.2, -0.15) is 0 Å². The Kier molecular flexibility index (Phi) is 7.70. The van der Waals surface area contributed by atoms with Crippen LogP contribution in [0.2, 0.25) is 0 Å². The van der Waals surface area contributed by atoms with E-state index in [0.29, 0.717) is 12.4 Å². The average molecular weight is 439 g/mol. The van der Waals surface area contributed by atoms with Crippen LogP contribution in [0.25, 0.3) is 0 Å². The largest absolute Gasteiger partial charge is 0.460 e. The SMILES string of the molecule is COCCOC(=O)/C=C\[C@H]1[C@@H](C(=O)OC(C)c2cccc(Oc3ccccc3)c2)C1(C)C. The summed E-state index contributed by atoms with van der Waals surface area (Å²) < 4.78 is 21.5. The summed E-state index contributed by atoms with van der Waals surface area (Å²) in [6.45, 7) is 6.36. The quantitative estimate of drug-likeness (QED) is 0.292. The van der Waals surface area contributed by atoms with Crippen LogP contribution < -0.4 is 4.74 Å². The van der Waals surface area contributed by atoms with Crippen molar-refractivity contribution in [3.8, 4) is 11.5 Å². The van der Waals surface area contributed by atoms with Crippen molar-refractivity contribution in [1.82, 2.24) is 0 Å². The van der Waals surface area contributed by atoms with Crippen molar-refractivity contribution in [3.05, 3.63) is 72.3 Å². The number of carbonyl (C=O) groups excluding carboxylic acids is 2. The third-order valence-corrected chi connectivity index (χ3v) is 5.74. The Morgan fingerprint density at radius 1 is 1.03 bits per heavy atom. The second-order valence-corrected chi connectivity index (χ2v) is 8.41. The molecule has 1 unspecified atom stereocenters. The molecule has 6 nitrogen and oxygen atoms in total. The van der Waals surface area contributed by atoms with Gasteiger partial charge in [-0.1, -0.05) is 50.3 Å². The fourth-order valence-corrected chi connectivity index (χ4v) is 3.71. The van der Waals surface area contributed by atoms with E-state index in [0.717, 1.165) is 11.3 Å². The van der Waals surface area contributed by atoms with E-state index in [4.69, 9.17) is 18.9 Å². The van der Waals surface area contributed by atoms with Crippen LogP contribution in [0.15, 0.2) is 66.7 Å². The van der Waals surface area contributed by atoms with Gasteiger partial charge in [-0.15, -0.1) is 0 Å². The highest BCUT2D eigenvalue weighted by atomic mass is 16.6. The molecule has 1 aliphatic carbocycles. The van der Waals surface area contributed by atoms with Crippen molar-refractivity contribution >= 4 is 11.9 Å². The number of allylic oxidation sites excluding steroid dienone is 1. The monoisotopic (exact) mass is 438 g/mol. The van der Waals surface area contributed by atoms with E-state index in [9.17, 15) is 9.59 Å². The number of methoxy groups -OCH3 is 1. The molecular formula is C26H30O6. The molecule has 0 spiro atoms. The first-order valence-corrected chi connectivity index (χ1v) is 10.7. The number of hydrogen-bond acceptors (Lipinski definition) is 6. The summed E-state index contributed by atoms with van der Waals surface area (Å²) in [4.78, 5) is 24.6. The second-order valence-electron chi connectivity index (χ2n) is 8.41. The number of benzene rings is 2. The molecule has 0 bridgehead atoms. The van der Waals surface area contributed by atoms with Gasteiger partial charge in [-0.25, -0.2) is 4.79 Å². The fraction of sp³-hybridized carbons (Fsp3) is 0.385. The zero-order valence-corrected chi connectivity index (χ0v) is 18.9. The molecule has 0 radical (unpaired) electrons. The molecule has 3 atom stereocenters. The van der Waals surface area contributed by atoms with Gasteiger partial charge in [0.25, 0.3) is 0 Å². The van der Waals surface area contributed by atoms with Crippen molar-refractivity contribution in [3.63, 3.8) is 0 Å². The zero-order valence-electron chi connectivity index (χ0n) is 18.9. The Labute approximate surface area is 189 Å². The molecular weight excluding hydrogens is 408 g/mol. The van der Waals surface area contributed by atoms with Crippen molar-refractivity contribution < 1.29 is 28.5 Å². The Balaban J connectivity index is 1.57. The van der Waals surface area contributed by atoms with Crippen LogP contribution in [0.3, 0.4) is 0 Å². The minimum Gasteiger partial charge on any atom is -0.460 e. The lowest BCUT2D eigenvalue weighted by Gasteiger charge is -2.15. The number of ether oxygens (including phenoxy) is 4. The van der Waals surface area contributed by atoms with E-state index in [-0.39, 0.29) is 29.8 Å². The number of rotatable bonds is 10. The van der Waals surface area contributed by atoms with Gasteiger partial charge >= 0.3 is 11.9 Å². The van der Waals surface area contributed by atoms with Crippen molar-refractivity contribution in [2.24, 2.45) is 17.3 Å². The molecule has 1 aliphatic rings. The summed E-state index contributed by atoms with van der Waals surface area (Å²) in [5.74, 6) is 0.307. The standard InChI is InChI=1S/C26H30O6/c1-18(19-9-8-12-21(17-19)32-20-10-6-5-7-11-20)31-25(28)24-22(26(24,2)3)13-14-23(27)30-16-15-29-4/h5-14,17-18,22,24H,15-16H2,1-4H3/b14-13-/t18?,22-,24-/m0/s1. The van der Waals surface area contributed by atoms with E-state index < -0.39 is 12.1 Å². The predicted molar refractivity (Wildman–Crippen MR) is 120 cm³/mol. The molecule has 0 aliphatic heterocycles. The minimum absolute atomic E-state index is 0.0788. The van der Waals surface area contributed by atoms with Crippen LogP contribution in [0.4, 0.5) is 0 Å². The second kappa shape index (κ2) is 10.5. The molecule has 170 valence electrons. The number of carbonyl (C=O) groups is 2. The molecule has 6 heteroatoms. The molecule has 0 N–H and O–H groups in total. The van der Waals surface area contributed by atoms with Crippen LogP contribution >= 0.6 is 0 Å². The van der Waals surface area contributed by atoms with Crippen LogP contribution in [-0.4, -0.2) is 32.3 Å². The highest BCUT2D eigenvalue weighted by Gasteiger charge is 2.61. The molecule has 0 saturated heterocycles. The van der Waals surface area contributed by atoms with Gasteiger partial charge in [0, 0.05) is 13.2 Å². The van der Waals surface area contributed by atoms with Gasteiger partial charge in [-0.3, -0.25) is 4.79 Å². The highest BCUT2D eigenvalue weighted by molar-refractivity contribution is 5.83. The number of para-hydroxylation sites is 1. The third-order valence-electron chi connectivity index (χ3n) is 5.74. The summed E-state index contributed by atoms with van der Waals surface area (Å²) in [6, 6.07) is 17.0. The maximum Gasteiger partial charge on any atom is 0.330 e. The zero-order chi connectivity index (χ0) is 23.1. The van der Waals surface area contributed by atoms with E-state index >= 15 is 0 Å². The van der Waals surface area contributed by atoms with Gasteiger partial charge in [0.2, 0.25) is 0 Å². The molecule has 1 saturated carbocycles. The molecule has 3 rings (SSSR count). The first-order valence-electron chi connectivity index (χ1n) is 10.7. The summed E-state index contributed by atoms with van der Waals surface area (Å²) in [5, 5.41) is 0. The summed E-state index contributed by atoms with van der Waals surface area (Å²) in [7, 11) is 1.54. The number of esters is 2. The average Bonchev–Trinajstić information content (AvgIpc) is 3.33. The van der Waals surface area contributed by atoms with Crippen LogP contribution in [0.5, 0.6) is 11.5 Å². The fourth-order valence-electron chi connectivity index (χ4n) is 3.71. The van der Waals surface area contributed by atoms with Crippen molar-refractivity contribution in [2.45, 2.75) is 26.9 Å². The smallest absolute Gasteiger partial charge is 0.330 e. The van der Waals surface area contributed by atoms with Gasteiger partial charge in [0.15, 0.2) is 0 Å². The van der Waals surface area contributed by atoms with E-state index in [1.54, 1.807) is 13.2 Å². The first-order chi connectivity index (χ1) is 15.3. The van der Waals surface area contributed by atoms with Gasteiger partial charge in [-0.05, 0) is 48.1 Å². The van der Waals surface area contributed by atoms with Crippen LogP contribution in [0.1, 0.15) is 32.4 Å². The van der Waals surface area contributed by atoms with E-state index in [2.05, 4.69) is 0 Å². The van der Waals surface area contributed by atoms with Gasteiger partial charge in [0.1, 0.15) is 24.2 Å². The van der Waals surface area contributed by atoms with Crippen molar-refractivity contribution in [1.29, 1.82) is 0 Å². The molecule has 0 heterocycles. The van der Waals surface area contributed by atoms with Gasteiger partial charge in [0.05, 0.1) is 12.5 Å². The Bertz CT molecular complexity index is 950. The summed E-state index contributed by atoms with van der Waals surface area (Å²) in [6.07, 6.45) is 2.69.